The predicted molar refractivity (Wildman–Crippen MR) is 144 cm³/mol. The van der Waals surface area contributed by atoms with Crippen molar-refractivity contribution < 1.29 is 0 Å². The Morgan fingerprint density at radius 2 is 0.676 bits per heavy atom. The normalized spacial score (nSPS) is 11.9. The molecule has 0 unspecified atom stereocenters. The molecule has 4 rings (SSSR count). The molecule has 0 fully saturated rings. The minimum absolute atomic E-state index is 0.135. The fraction of sp³-hybridized carbons (Fsp3) is 0.467. The Morgan fingerprint density at radius 1 is 0.441 bits per heavy atom. The average Bonchev–Trinajstić information content (AvgIpc) is 3.68. The molecular weight excluding hydrogens is 416 g/mol. The molecule has 0 aromatic carbocycles. The van der Waals surface area contributed by atoms with Crippen LogP contribution >= 0.6 is 0 Å². The molecule has 0 aliphatic rings. The molecule has 0 aliphatic carbocycles. The quantitative estimate of drug-likeness (QED) is 0.164. The van der Waals surface area contributed by atoms with Crippen LogP contribution < -0.4 is 0 Å². The van der Waals surface area contributed by atoms with Crippen LogP contribution in [0.3, 0.4) is 0 Å². The highest BCUT2D eigenvalue weighted by atomic mass is 14.8. The lowest BCUT2D eigenvalue weighted by atomic mass is 9.74. The highest BCUT2D eigenvalue weighted by Gasteiger charge is 2.35. The number of aromatic amines is 4. The van der Waals surface area contributed by atoms with E-state index in [1.165, 1.54) is 74.1 Å². The van der Waals surface area contributed by atoms with Crippen molar-refractivity contribution in [3.63, 3.8) is 0 Å². The van der Waals surface area contributed by atoms with Crippen molar-refractivity contribution in [2.45, 2.75) is 89.9 Å². The molecule has 0 aliphatic heterocycles. The Labute approximate surface area is 206 Å². The first-order valence-corrected chi connectivity index (χ1v) is 13.2. The largest absolute Gasteiger partial charge is 0.364 e. The lowest BCUT2D eigenvalue weighted by Crippen LogP contribution is -2.28. The summed E-state index contributed by atoms with van der Waals surface area (Å²) in [5.41, 5.74) is 5.62. The second-order valence-electron chi connectivity index (χ2n) is 9.50. The van der Waals surface area contributed by atoms with Crippen molar-refractivity contribution >= 4 is 0 Å². The van der Waals surface area contributed by atoms with Crippen LogP contribution in [0.2, 0.25) is 0 Å². The molecule has 0 bridgehead atoms. The second kappa shape index (κ2) is 12.5. The van der Waals surface area contributed by atoms with Crippen molar-refractivity contribution in [2.75, 3.05) is 0 Å². The summed E-state index contributed by atoms with van der Waals surface area (Å²) >= 11 is 0. The molecule has 4 heteroatoms. The molecule has 4 aromatic rings. The minimum Gasteiger partial charge on any atom is -0.364 e. The molecular formula is C30H44N4. The Kier molecular flexibility index (Phi) is 9.50. The van der Waals surface area contributed by atoms with Crippen molar-refractivity contribution in [3.05, 3.63) is 96.1 Å². The summed E-state index contributed by atoms with van der Waals surface area (Å²) in [7, 11) is 0. The molecule has 0 saturated heterocycles. The van der Waals surface area contributed by atoms with Gasteiger partial charge in [0.15, 0.2) is 0 Å². The van der Waals surface area contributed by atoms with E-state index in [4.69, 9.17) is 0 Å². The van der Waals surface area contributed by atoms with Crippen LogP contribution in [0.1, 0.15) is 102 Å². The van der Waals surface area contributed by atoms with Gasteiger partial charge in [0.2, 0.25) is 0 Å². The van der Waals surface area contributed by atoms with E-state index >= 15 is 0 Å². The summed E-state index contributed by atoms with van der Waals surface area (Å²) in [5.74, 6) is 0. The van der Waals surface area contributed by atoms with E-state index in [0.717, 1.165) is 0 Å². The van der Waals surface area contributed by atoms with Crippen molar-refractivity contribution in [2.24, 2.45) is 0 Å². The van der Waals surface area contributed by atoms with Gasteiger partial charge in [0, 0.05) is 47.6 Å². The number of nitrogens with one attached hydrogen (secondary N) is 4. The van der Waals surface area contributed by atoms with Gasteiger partial charge in [-0.15, -0.1) is 0 Å². The molecule has 0 radical (unpaired) electrons. The van der Waals surface area contributed by atoms with Gasteiger partial charge >= 0.3 is 0 Å². The number of hydrogen-bond donors (Lipinski definition) is 4. The topological polar surface area (TPSA) is 63.2 Å². The molecule has 0 saturated carbocycles. The predicted octanol–water partition coefficient (Wildman–Crippen LogP) is 8.46. The third kappa shape index (κ3) is 5.43. The third-order valence-electron chi connectivity index (χ3n) is 7.16. The molecule has 4 aromatic heterocycles. The minimum atomic E-state index is 0.135. The van der Waals surface area contributed by atoms with E-state index < -0.39 is 0 Å². The Balaban J connectivity index is 0.000000191. The van der Waals surface area contributed by atoms with Crippen molar-refractivity contribution in [3.8, 4) is 0 Å². The van der Waals surface area contributed by atoms with E-state index in [2.05, 4.69) is 96.2 Å². The molecule has 0 spiro atoms. The van der Waals surface area contributed by atoms with Gasteiger partial charge in [0.25, 0.3) is 0 Å². The first kappa shape index (κ1) is 25.7. The second-order valence-corrected chi connectivity index (χ2v) is 9.50. The number of aromatic nitrogens is 4. The zero-order valence-electron chi connectivity index (χ0n) is 21.6. The third-order valence-corrected chi connectivity index (χ3v) is 7.16. The number of hydrogen-bond acceptors (Lipinski definition) is 0. The van der Waals surface area contributed by atoms with Crippen molar-refractivity contribution in [1.82, 2.24) is 19.9 Å². The highest BCUT2D eigenvalue weighted by molar-refractivity contribution is 5.33. The monoisotopic (exact) mass is 460 g/mol. The summed E-state index contributed by atoms with van der Waals surface area (Å²) < 4.78 is 0. The first-order chi connectivity index (χ1) is 16.7. The van der Waals surface area contributed by atoms with Gasteiger partial charge in [-0.2, -0.15) is 0 Å². The smallest absolute Gasteiger partial charge is 0.0503 e. The summed E-state index contributed by atoms with van der Waals surface area (Å²) in [4.78, 5) is 13.7. The van der Waals surface area contributed by atoms with E-state index in [-0.39, 0.29) is 10.8 Å². The zero-order valence-corrected chi connectivity index (χ0v) is 21.6. The standard InChI is InChI=1S/2C15H22N2/c2*1-3-9-15(10-4-2,13-7-5-11-16-13)14-8-6-12-17-14/h2*5-8,11-12,16-17H,3-4,9-10H2,1-2H3. The van der Waals surface area contributed by atoms with Gasteiger partial charge in [-0.1, -0.05) is 53.4 Å². The maximum Gasteiger partial charge on any atom is 0.0503 e. The van der Waals surface area contributed by atoms with E-state index in [9.17, 15) is 0 Å². The summed E-state index contributed by atoms with van der Waals surface area (Å²) in [6.07, 6.45) is 17.6. The van der Waals surface area contributed by atoms with Crippen molar-refractivity contribution in [1.29, 1.82) is 0 Å². The highest BCUT2D eigenvalue weighted by Crippen LogP contribution is 2.40. The zero-order chi connectivity index (χ0) is 24.3. The van der Waals surface area contributed by atoms with Gasteiger partial charge in [-0.3, -0.25) is 0 Å². The van der Waals surface area contributed by atoms with E-state index in [1.54, 1.807) is 0 Å². The Bertz CT molecular complexity index is 823. The number of H-pyrrole nitrogens is 4. The van der Waals surface area contributed by atoms with Gasteiger partial charge in [-0.05, 0) is 74.2 Å². The fourth-order valence-corrected chi connectivity index (χ4v) is 5.84. The van der Waals surface area contributed by atoms with E-state index in [1.807, 2.05) is 24.8 Å². The van der Waals surface area contributed by atoms with Gasteiger partial charge in [-0.25, -0.2) is 0 Å². The molecule has 4 heterocycles. The Morgan fingerprint density at radius 3 is 0.824 bits per heavy atom. The van der Waals surface area contributed by atoms with Crippen LogP contribution in [0.15, 0.2) is 73.3 Å². The van der Waals surface area contributed by atoms with Gasteiger partial charge < -0.3 is 19.9 Å². The summed E-state index contributed by atoms with van der Waals surface area (Å²) in [5, 5.41) is 0. The molecule has 4 N–H and O–H groups in total. The van der Waals surface area contributed by atoms with E-state index in [0.29, 0.717) is 0 Å². The summed E-state index contributed by atoms with van der Waals surface area (Å²) in [6.45, 7) is 9.04. The van der Waals surface area contributed by atoms with Gasteiger partial charge in [0.1, 0.15) is 0 Å². The van der Waals surface area contributed by atoms with Crippen LogP contribution in [0.25, 0.3) is 0 Å². The molecule has 184 valence electrons. The molecule has 0 atom stereocenters. The van der Waals surface area contributed by atoms with Crippen LogP contribution in [0, 0.1) is 0 Å². The average molecular weight is 461 g/mol. The van der Waals surface area contributed by atoms with Crippen LogP contribution in [-0.4, -0.2) is 19.9 Å². The summed E-state index contributed by atoms with van der Waals surface area (Å²) in [6, 6.07) is 17.2. The number of rotatable bonds is 12. The lowest BCUT2D eigenvalue weighted by molar-refractivity contribution is 0.408. The molecule has 0 amide bonds. The fourth-order valence-electron chi connectivity index (χ4n) is 5.84. The molecule has 4 nitrogen and oxygen atoms in total. The lowest BCUT2D eigenvalue weighted by Gasteiger charge is -2.32. The van der Waals surface area contributed by atoms with Crippen LogP contribution in [0.4, 0.5) is 0 Å². The maximum absolute atomic E-state index is 3.42. The van der Waals surface area contributed by atoms with Crippen LogP contribution in [-0.2, 0) is 10.8 Å². The molecule has 34 heavy (non-hydrogen) atoms. The maximum atomic E-state index is 3.42. The SMILES string of the molecule is CCCC(CCC)(c1ccc[nH]1)c1ccc[nH]1.CCCC(CCC)(c1ccc[nH]1)c1ccc[nH]1. The van der Waals surface area contributed by atoms with Crippen LogP contribution in [0.5, 0.6) is 0 Å². The Hall–Kier alpha value is -2.88. The first-order valence-electron chi connectivity index (χ1n) is 13.2. The van der Waals surface area contributed by atoms with Gasteiger partial charge in [0.05, 0.1) is 10.8 Å².